The number of carbonyl (C=O) groups is 3. The molecule has 162 valence electrons. The quantitative estimate of drug-likeness (QED) is 0.643. The van der Waals surface area contributed by atoms with E-state index >= 15 is 0 Å². The molecule has 0 aliphatic carbocycles. The van der Waals surface area contributed by atoms with Gasteiger partial charge < -0.3 is 20.1 Å². The number of hydrogen-bond acceptors (Lipinski definition) is 6. The average Bonchev–Trinajstić information content (AvgIpc) is 3.25. The number of ether oxygens (including phenoxy) is 1. The van der Waals surface area contributed by atoms with Crippen LogP contribution in [0.15, 0.2) is 24.3 Å². The highest BCUT2D eigenvalue weighted by atomic mass is 35.5. The summed E-state index contributed by atoms with van der Waals surface area (Å²) in [4.78, 5) is 41.2. The molecule has 5 atom stereocenters. The van der Waals surface area contributed by atoms with E-state index in [0.29, 0.717) is 23.6 Å². The van der Waals surface area contributed by atoms with Gasteiger partial charge in [-0.25, -0.2) is 0 Å². The molecule has 3 fully saturated rings. The second-order valence-corrected chi connectivity index (χ2v) is 10.5. The maximum atomic E-state index is 13.5. The van der Waals surface area contributed by atoms with Crippen molar-refractivity contribution in [1.29, 1.82) is 0 Å². The molecule has 1 aromatic rings. The summed E-state index contributed by atoms with van der Waals surface area (Å²) in [5.41, 5.74) is 0.464. The Balaban J connectivity index is 1.73. The van der Waals surface area contributed by atoms with Crippen LogP contribution in [-0.2, 0) is 19.1 Å². The Labute approximate surface area is 184 Å². The smallest absolute Gasteiger partial charge is 0.311 e. The minimum Gasteiger partial charge on any atom is -0.466 e. The van der Waals surface area contributed by atoms with Crippen LogP contribution in [0.3, 0.4) is 0 Å². The monoisotopic (exact) mass is 452 g/mol. The van der Waals surface area contributed by atoms with E-state index in [2.05, 4.69) is 5.32 Å². The van der Waals surface area contributed by atoms with Crippen LogP contribution in [0.5, 0.6) is 0 Å². The standard InChI is InChI=1S/C21H25ClN2O5S/c1-3-29-19(28)15-14-18(27)24(10-11-25)16(21(14)9-8-20(15,2)30-21)17(26)23-13-7-5-4-6-12(13)22/h4-7,14-16,25H,3,8-11H2,1-2H3,(H,23,26)/t14-,15-,16?,20+,21?/m0/s1. The third-order valence-electron chi connectivity index (χ3n) is 6.54. The number of nitrogens with zero attached hydrogens (tertiary/aromatic N) is 1. The Morgan fingerprint density at radius 3 is 2.77 bits per heavy atom. The first kappa shape index (κ1) is 21.5. The number of fused-ring (bicyclic) bond motifs is 1. The van der Waals surface area contributed by atoms with Gasteiger partial charge in [0, 0.05) is 11.3 Å². The van der Waals surface area contributed by atoms with Gasteiger partial charge in [-0.05, 0) is 38.8 Å². The predicted octanol–water partition coefficient (Wildman–Crippen LogP) is 2.32. The summed E-state index contributed by atoms with van der Waals surface area (Å²) in [6.45, 7) is 3.73. The fourth-order valence-corrected chi connectivity index (χ4v) is 7.96. The number of amides is 2. The molecular formula is C21H25ClN2O5S. The Kier molecular flexibility index (Phi) is 5.53. The van der Waals surface area contributed by atoms with Crippen molar-refractivity contribution in [2.24, 2.45) is 11.8 Å². The SMILES string of the molecule is CCOC(=O)[C@@H]1[C@H]2C(=O)N(CCO)C(C(=O)Nc3ccccc3Cl)C23CC[C@@]1(C)S3. The Bertz CT molecular complexity index is 898. The normalized spacial score (nSPS) is 34.2. The van der Waals surface area contributed by atoms with Gasteiger partial charge >= 0.3 is 5.97 Å². The third-order valence-corrected chi connectivity index (χ3v) is 8.85. The number of carbonyl (C=O) groups excluding carboxylic acids is 3. The van der Waals surface area contributed by atoms with Gasteiger partial charge in [-0.3, -0.25) is 14.4 Å². The fourth-order valence-electron chi connectivity index (χ4n) is 5.43. The van der Waals surface area contributed by atoms with E-state index in [9.17, 15) is 19.5 Å². The molecule has 2 bridgehead atoms. The number of hydrogen-bond donors (Lipinski definition) is 2. The van der Waals surface area contributed by atoms with Crippen molar-refractivity contribution in [1.82, 2.24) is 4.90 Å². The lowest BCUT2D eigenvalue weighted by molar-refractivity contribution is -0.155. The largest absolute Gasteiger partial charge is 0.466 e. The summed E-state index contributed by atoms with van der Waals surface area (Å²) < 4.78 is 4.12. The topological polar surface area (TPSA) is 95.9 Å². The first-order valence-corrected chi connectivity index (χ1v) is 11.3. The summed E-state index contributed by atoms with van der Waals surface area (Å²) in [5, 5.41) is 12.8. The third kappa shape index (κ3) is 3.03. The van der Waals surface area contributed by atoms with Crippen LogP contribution in [0.2, 0.25) is 5.02 Å². The Hall–Kier alpha value is -1.77. The van der Waals surface area contributed by atoms with E-state index < -0.39 is 27.4 Å². The van der Waals surface area contributed by atoms with Crippen LogP contribution in [0.4, 0.5) is 5.69 Å². The average molecular weight is 453 g/mol. The number of nitrogens with one attached hydrogen (secondary N) is 1. The summed E-state index contributed by atoms with van der Waals surface area (Å²) >= 11 is 7.77. The van der Waals surface area contributed by atoms with Crippen LogP contribution in [0, 0.1) is 11.8 Å². The summed E-state index contributed by atoms with van der Waals surface area (Å²) in [7, 11) is 0. The highest BCUT2D eigenvalue weighted by molar-refractivity contribution is 8.02. The molecule has 2 N–H and O–H groups in total. The first-order chi connectivity index (χ1) is 14.3. The molecule has 3 aliphatic rings. The Morgan fingerprint density at radius 2 is 2.10 bits per heavy atom. The molecular weight excluding hydrogens is 428 g/mol. The number of para-hydroxylation sites is 1. The molecule has 7 nitrogen and oxygen atoms in total. The van der Waals surface area contributed by atoms with Crippen molar-refractivity contribution in [3.8, 4) is 0 Å². The molecule has 2 unspecified atom stereocenters. The van der Waals surface area contributed by atoms with Crippen LogP contribution in [0.25, 0.3) is 0 Å². The lowest BCUT2D eigenvalue weighted by Gasteiger charge is -2.34. The molecule has 3 heterocycles. The second kappa shape index (κ2) is 7.73. The number of anilines is 1. The zero-order chi connectivity index (χ0) is 21.7. The highest BCUT2D eigenvalue weighted by Gasteiger charge is 2.77. The second-order valence-electron chi connectivity index (χ2n) is 8.20. The number of aliphatic hydroxyl groups excluding tert-OH is 1. The molecule has 30 heavy (non-hydrogen) atoms. The Morgan fingerprint density at radius 1 is 1.37 bits per heavy atom. The zero-order valence-corrected chi connectivity index (χ0v) is 18.5. The highest BCUT2D eigenvalue weighted by Crippen LogP contribution is 2.71. The van der Waals surface area contributed by atoms with Crippen LogP contribution in [-0.4, -0.2) is 63.1 Å². The van der Waals surface area contributed by atoms with Crippen LogP contribution >= 0.6 is 23.4 Å². The number of aliphatic hydroxyl groups is 1. The number of likely N-dealkylation sites (tertiary alicyclic amines) is 1. The number of β-amino-alcohol motifs (C(OH)–C–C–N with tert-alkyl or cyclic N) is 1. The maximum Gasteiger partial charge on any atom is 0.311 e. The molecule has 1 spiro atoms. The molecule has 0 radical (unpaired) electrons. The number of halogens is 1. The van der Waals surface area contributed by atoms with E-state index in [1.54, 1.807) is 43.0 Å². The van der Waals surface area contributed by atoms with Crippen LogP contribution in [0.1, 0.15) is 26.7 Å². The van der Waals surface area contributed by atoms with Crippen molar-refractivity contribution in [2.45, 2.75) is 42.2 Å². The van der Waals surface area contributed by atoms with E-state index in [1.807, 2.05) is 6.92 Å². The fraction of sp³-hybridized carbons (Fsp3) is 0.571. The van der Waals surface area contributed by atoms with Gasteiger partial charge in [-0.1, -0.05) is 23.7 Å². The van der Waals surface area contributed by atoms with Crippen molar-refractivity contribution in [2.75, 3.05) is 25.1 Å². The minimum atomic E-state index is -0.801. The van der Waals surface area contributed by atoms with Crippen LogP contribution < -0.4 is 5.32 Å². The predicted molar refractivity (Wildman–Crippen MR) is 114 cm³/mol. The van der Waals surface area contributed by atoms with E-state index in [1.165, 1.54) is 4.90 Å². The number of thioether (sulfide) groups is 1. The number of benzene rings is 1. The first-order valence-electron chi connectivity index (χ1n) is 10.1. The lowest BCUT2D eigenvalue weighted by Crippen LogP contribution is -2.52. The maximum absolute atomic E-state index is 13.5. The minimum absolute atomic E-state index is 0.0323. The molecule has 0 saturated carbocycles. The van der Waals surface area contributed by atoms with Crippen molar-refractivity contribution < 1.29 is 24.2 Å². The number of esters is 1. The molecule has 3 aliphatic heterocycles. The lowest BCUT2D eigenvalue weighted by atomic mass is 9.66. The molecule has 9 heteroatoms. The summed E-state index contributed by atoms with van der Waals surface area (Å²) in [6, 6.07) is 6.11. The van der Waals surface area contributed by atoms with Crippen molar-refractivity contribution in [3.05, 3.63) is 29.3 Å². The summed E-state index contributed by atoms with van der Waals surface area (Å²) in [6.07, 6.45) is 1.36. The zero-order valence-electron chi connectivity index (χ0n) is 16.9. The van der Waals surface area contributed by atoms with Gasteiger partial charge in [0.05, 0.1) is 40.5 Å². The van der Waals surface area contributed by atoms with Gasteiger partial charge in [-0.15, -0.1) is 11.8 Å². The number of rotatable bonds is 6. The van der Waals surface area contributed by atoms with E-state index in [4.69, 9.17) is 16.3 Å². The summed E-state index contributed by atoms with van der Waals surface area (Å²) in [5.74, 6) is -2.26. The molecule has 0 aromatic heterocycles. The van der Waals surface area contributed by atoms with Crippen molar-refractivity contribution in [3.63, 3.8) is 0 Å². The van der Waals surface area contributed by atoms with E-state index in [0.717, 1.165) is 0 Å². The molecule has 2 amide bonds. The van der Waals surface area contributed by atoms with E-state index in [-0.39, 0.29) is 37.5 Å². The van der Waals surface area contributed by atoms with Gasteiger partial charge in [0.25, 0.3) is 0 Å². The van der Waals surface area contributed by atoms with Gasteiger partial charge in [0.15, 0.2) is 0 Å². The van der Waals surface area contributed by atoms with Gasteiger partial charge in [0.2, 0.25) is 11.8 Å². The molecule has 1 aromatic carbocycles. The molecule has 3 saturated heterocycles. The van der Waals surface area contributed by atoms with Crippen molar-refractivity contribution >= 4 is 46.8 Å². The van der Waals surface area contributed by atoms with Gasteiger partial charge in [-0.2, -0.15) is 0 Å². The van der Waals surface area contributed by atoms with Gasteiger partial charge in [0.1, 0.15) is 6.04 Å². The molecule has 4 rings (SSSR count).